The molecule has 0 atom stereocenters. The molecule has 12 nitrogen and oxygen atoms in total. The molecule has 3 aromatic carbocycles. The fourth-order valence-corrected chi connectivity index (χ4v) is 7.78. The van der Waals surface area contributed by atoms with Crippen LogP contribution in [0.15, 0.2) is 116 Å². The number of rotatable bonds is 10. The maximum atomic E-state index is 12.7. The quantitative estimate of drug-likeness (QED) is 0.139. The number of hydrogen-bond donors (Lipinski definition) is 2. The first kappa shape index (κ1) is 41.4. The molecular formula is C45H47Cl2N9O3. The molecule has 59 heavy (non-hydrogen) atoms. The Balaban J connectivity index is 0.000000192. The number of amides is 1. The number of fused-ring (bicyclic) bond motifs is 1. The predicted molar refractivity (Wildman–Crippen MR) is 235 cm³/mol. The SMILES string of the molecule is COC(=O)c1ccc(CN2CCN(c3ccncc3)CC2)c(Cl)c1.Nc1nccc2cc(CNC(=O)c3ccc(CN4CCN(c5ccncc5)CC4)c(Cl)c3)ccc12. The van der Waals surface area contributed by atoms with Crippen molar-refractivity contribution in [3.8, 4) is 0 Å². The highest BCUT2D eigenvalue weighted by Crippen LogP contribution is 2.25. The van der Waals surface area contributed by atoms with Crippen LogP contribution >= 0.6 is 23.2 Å². The van der Waals surface area contributed by atoms with E-state index in [1.807, 2.05) is 91.5 Å². The second-order valence-electron chi connectivity index (χ2n) is 14.5. The third-order valence-corrected chi connectivity index (χ3v) is 11.4. The zero-order valence-electron chi connectivity index (χ0n) is 32.9. The number of aromatic nitrogens is 3. The van der Waals surface area contributed by atoms with Gasteiger partial charge < -0.3 is 25.6 Å². The number of piperazine rings is 2. The minimum atomic E-state index is -0.366. The van der Waals surface area contributed by atoms with Crippen molar-refractivity contribution < 1.29 is 14.3 Å². The molecule has 3 N–H and O–H groups in total. The molecule has 8 rings (SSSR count). The van der Waals surface area contributed by atoms with Gasteiger partial charge >= 0.3 is 5.97 Å². The van der Waals surface area contributed by atoms with E-state index in [-0.39, 0.29) is 11.9 Å². The van der Waals surface area contributed by atoms with Crippen LogP contribution in [0.5, 0.6) is 0 Å². The number of pyridine rings is 3. The van der Waals surface area contributed by atoms with Crippen molar-refractivity contribution in [3.05, 3.63) is 154 Å². The summed E-state index contributed by atoms with van der Waals surface area (Å²) in [5.41, 5.74) is 12.4. The molecule has 1 amide bonds. The lowest BCUT2D eigenvalue weighted by Crippen LogP contribution is -2.46. The molecule has 0 unspecified atom stereocenters. The number of nitrogens with two attached hydrogens (primary N) is 1. The Morgan fingerprint density at radius 1 is 0.661 bits per heavy atom. The van der Waals surface area contributed by atoms with Crippen LogP contribution in [-0.4, -0.2) is 96.1 Å². The molecule has 2 saturated heterocycles. The largest absolute Gasteiger partial charge is 0.465 e. The highest BCUT2D eigenvalue weighted by atomic mass is 35.5. The lowest BCUT2D eigenvalue weighted by atomic mass is 10.1. The van der Waals surface area contributed by atoms with Gasteiger partial charge in [0.2, 0.25) is 0 Å². The molecular weight excluding hydrogens is 785 g/mol. The van der Waals surface area contributed by atoms with E-state index in [1.165, 1.54) is 18.5 Å². The molecule has 304 valence electrons. The van der Waals surface area contributed by atoms with E-state index in [2.05, 4.69) is 39.9 Å². The Hall–Kier alpha value is -5.79. The van der Waals surface area contributed by atoms with Crippen molar-refractivity contribution in [2.45, 2.75) is 19.6 Å². The van der Waals surface area contributed by atoms with E-state index in [4.69, 9.17) is 33.7 Å². The molecule has 0 bridgehead atoms. The summed E-state index contributed by atoms with van der Waals surface area (Å²) < 4.78 is 4.72. The van der Waals surface area contributed by atoms with Crippen LogP contribution in [0.3, 0.4) is 0 Å². The molecule has 2 aliphatic rings. The summed E-state index contributed by atoms with van der Waals surface area (Å²) in [7, 11) is 1.37. The third kappa shape index (κ3) is 10.8. The second kappa shape index (κ2) is 19.8. The molecule has 6 aromatic rings. The molecule has 14 heteroatoms. The van der Waals surface area contributed by atoms with Gasteiger partial charge in [0.1, 0.15) is 5.82 Å². The van der Waals surface area contributed by atoms with Crippen molar-refractivity contribution >= 4 is 63.0 Å². The molecule has 0 spiro atoms. The number of hydrogen-bond acceptors (Lipinski definition) is 11. The van der Waals surface area contributed by atoms with E-state index in [0.29, 0.717) is 33.5 Å². The summed E-state index contributed by atoms with van der Waals surface area (Å²) in [6, 6.07) is 26.9. The van der Waals surface area contributed by atoms with E-state index in [9.17, 15) is 9.59 Å². The summed E-state index contributed by atoms with van der Waals surface area (Å²) in [5.74, 6) is -0.0170. The van der Waals surface area contributed by atoms with E-state index >= 15 is 0 Å². The minimum absolute atomic E-state index is 0.154. The first-order chi connectivity index (χ1) is 28.7. The average Bonchev–Trinajstić information content (AvgIpc) is 3.28. The van der Waals surface area contributed by atoms with Crippen LogP contribution in [0.1, 0.15) is 37.4 Å². The number of halogens is 2. The first-order valence-corrected chi connectivity index (χ1v) is 20.3. The van der Waals surface area contributed by atoms with Crippen molar-refractivity contribution in [1.29, 1.82) is 0 Å². The first-order valence-electron chi connectivity index (χ1n) is 19.5. The Morgan fingerprint density at radius 3 is 1.71 bits per heavy atom. The standard InChI is InChI=1S/C27H27ClN6O.C18H20ClN3O2/c28-25-16-21(27(35)32-17-19-1-4-24-20(15-19)5-10-31-26(24)29)2-3-22(25)18-33-11-13-34(14-12-33)23-6-8-30-9-7-23;1-24-18(23)14-2-3-15(17(19)12-14)13-21-8-10-22(11-9-21)16-4-6-20-7-5-16/h1-10,15-16H,11-14,17-18H2,(H2,29,31)(H,32,35);2-7,12H,8-11,13H2,1H3. The number of carbonyl (C=O) groups is 2. The number of carbonyl (C=O) groups excluding carboxylic acids is 2. The van der Waals surface area contributed by atoms with Gasteiger partial charge in [-0.15, -0.1) is 0 Å². The monoisotopic (exact) mass is 831 g/mol. The molecule has 3 aromatic heterocycles. The Kier molecular flexibility index (Phi) is 13.9. The third-order valence-electron chi connectivity index (χ3n) is 10.7. The number of esters is 1. The summed E-state index contributed by atoms with van der Waals surface area (Å²) in [6.07, 6.45) is 8.99. The number of ether oxygens (including phenoxy) is 1. The second-order valence-corrected chi connectivity index (χ2v) is 15.3. The maximum Gasteiger partial charge on any atom is 0.337 e. The zero-order chi connectivity index (χ0) is 41.1. The topological polar surface area (TPSA) is 133 Å². The Labute approximate surface area is 354 Å². The highest BCUT2D eigenvalue weighted by molar-refractivity contribution is 6.32. The molecule has 0 saturated carbocycles. The molecule has 0 aliphatic carbocycles. The summed E-state index contributed by atoms with van der Waals surface area (Å²) in [5, 5.41) is 6.10. The number of nitrogens with zero attached hydrogens (tertiary/aromatic N) is 7. The highest BCUT2D eigenvalue weighted by Gasteiger charge is 2.20. The van der Waals surface area contributed by atoms with E-state index in [1.54, 1.807) is 24.4 Å². The van der Waals surface area contributed by atoms with Crippen LogP contribution in [0.25, 0.3) is 10.8 Å². The Bertz CT molecular complexity index is 2360. The van der Waals surface area contributed by atoms with Gasteiger partial charge in [-0.25, -0.2) is 9.78 Å². The minimum Gasteiger partial charge on any atom is -0.465 e. The van der Waals surface area contributed by atoms with E-state index in [0.717, 1.165) is 92.9 Å². The maximum absolute atomic E-state index is 12.7. The van der Waals surface area contributed by atoms with Crippen LogP contribution in [-0.2, 0) is 24.4 Å². The van der Waals surface area contributed by atoms with Gasteiger partial charge in [0.05, 0.1) is 12.7 Å². The lowest BCUT2D eigenvalue weighted by molar-refractivity contribution is 0.0600. The number of nitrogen functional groups attached to an aromatic ring is 1. The summed E-state index contributed by atoms with van der Waals surface area (Å²) in [4.78, 5) is 46.0. The van der Waals surface area contributed by atoms with Crippen molar-refractivity contribution in [2.75, 3.05) is 75.0 Å². The number of methoxy groups -OCH3 is 1. The fraction of sp³-hybridized carbons (Fsp3) is 0.267. The Morgan fingerprint density at radius 2 is 1.19 bits per heavy atom. The molecule has 0 radical (unpaired) electrons. The fourth-order valence-electron chi connectivity index (χ4n) is 7.30. The molecule has 2 fully saturated rings. The summed E-state index contributed by atoms with van der Waals surface area (Å²) in [6.45, 7) is 9.67. The number of benzene rings is 3. The van der Waals surface area contributed by atoms with Gasteiger partial charge in [0, 0.05) is 135 Å². The number of nitrogens with one attached hydrogen (secondary N) is 1. The van der Waals surface area contributed by atoms with Crippen molar-refractivity contribution in [3.63, 3.8) is 0 Å². The van der Waals surface area contributed by atoms with Gasteiger partial charge in [0.25, 0.3) is 5.91 Å². The van der Waals surface area contributed by atoms with Gasteiger partial charge in [-0.1, -0.05) is 47.5 Å². The van der Waals surface area contributed by atoms with E-state index < -0.39 is 0 Å². The average molecular weight is 833 g/mol. The zero-order valence-corrected chi connectivity index (χ0v) is 34.4. The van der Waals surface area contributed by atoms with Gasteiger partial charge in [-0.3, -0.25) is 24.6 Å². The van der Waals surface area contributed by atoms with Crippen LogP contribution in [0, 0.1) is 0 Å². The van der Waals surface area contributed by atoms with Crippen LogP contribution < -0.4 is 20.9 Å². The number of anilines is 3. The van der Waals surface area contributed by atoms with Crippen LogP contribution in [0.4, 0.5) is 17.2 Å². The van der Waals surface area contributed by atoms with Gasteiger partial charge in [-0.2, -0.15) is 0 Å². The van der Waals surface area contributed by atoms with Crippen LogP contribution in [0.2, 0.25) is 10.0 Å². The van der Waals surface area contributed by atoms with Crippen molar-refractivity contribution in [2.24, 2.45) is 0 Å². The van der Waals surface area contributed by atoms with Gasteiger partial charge in [0.15, 0.2) is 0 Å². The smallest absolute Gasteiger partial charge is 0.337 e. The molecule has 5 heterocycles. The predicted octanol–water partition coefficient (Wildman–Crippen LogP) is 6.96. The lowest BCUT2D eigenvalue weighted by Gasteiger charge is -2.36. The molecule has 2 aliphatic heterocycles. The summed E-state index contributed by atoms with van der Waals surface area (Å²) >= 11 is 12.9. The normalized spacial score (nSPS) is 14.7. The van der Waals surface area contributed by atoms with Crippen molar-refractivity contribution in [1.82, 2.24) is 30.1 Å². The van der Waals surface area contributed by atoms with Gasteiger partial charge in [-0.05, 0) is 82.7 Å².